The largest absolute Gasteiger partial charge is 0.409 e. The Labute approximate surface area is 113 Å². The number of rotatable bonds is 5. The minimum atomic E-state index is -0.157. The molecule has 1 aromatic rings. The molecule has 0 heterocycles. The first kappa shape index (κ1) is 15.0. The molecule has 0 bridgehead atoms. The van der Waals surface area contributed by atoms with Crippen LogP contribution in [0.5, 0.6) is 0 Å². The predicted molar refractivity (Wildman–Crippen MR) is 75.3 cm³/mol. The molecule has 1 rings (SSSR count). The van der Waals surface area contributed by atoms with Crippen molar-refractivity contribution < 1.29 is 10.0 Å². The SMILES string of the molecule is Cc1ccc(CC(=O)NC(C)CC(N)=NO)cc1C. The molecule has 0 aliphatic heterocycles. The summed E-state index contributed by atoms with van der Waals surface area (Å²) < 4.78 is 0. The average Bonchev–Trinajstić information content (AvgIpc) is 2.33. The fraction of sp³-hybridized carbons (Fsp3) is 0.429. The number of amidine groups is 1. The lowest BCUT2D eigenvalue weighted by atomic mass is 10.0. The minimum Gasteiger partial charge on any atom is -0.409 e. The van der Waals surface area contributed by atoms with Crippen molar-refractivity contribution in [2.45, 2.75) is 39.7 Å². The van der Waals surface area contributed by atoms with Crippen molar-refractivity contribution in [1.29, 1.82) is 0 Å². The van der Waals surface area contributed by atoms with Gasteiger partial charge in [0.1, 0.15) is 5.84 Å². The zero-order valence-electron chi connectivity index (χ0n) is 11.6. The van der Waals surface area contributed by atoms with Gasteiger partial charge in [0.05, 0.1) is 6.42 Å². The lowest BCUT2D eigenvalue weighted by molar-refractivity contribution is -0.121. The molecule has 0 spiro atoms. The molecule has 0 saturated heterocycles. The lowest BCUT2D eigenvalue weighted by Crippen LogP contribution is -2.36. The summed E-state index contributed by atoms with van der Waals surface area (Å²) in [5, 5.41) is 14.2. The van der Waals surface area contributed by atoms with Gasteiger partial charge >= 0.3 is 0 Å². The molecule has 19 heavy (non-hydrogen) atoms. The third-order valence-corrected chi connectivity index (χ3v) is 2.99. The molecule has 5 nitrogen and oxygen atoms in total. The monoisotopic (exact) mass is 263 g/mol. The van der Waals surface area contributed by atoms with Gasteiger partial charge in [-0.15, -0.1) is 0 Å². The summed E-state index contributed by atoms with van der Waals surface area (Å²) in [5.41, 5.74) is 8.76. The van der Waals surface area contributed by atoms with E-state index in [9.17, 15) is 4.79 Å². The number of carbonyl (C=O) groups is 1. The van der Waals surface area contributed by atoms with Crippen molar-refractivity contribution in [3.63, 3.8) is 0 Å². The van der Waals surface area contributed by atoms with Crippen LogP contribution in [0.2, 0.25) is 0 Å². The molecule has 1 amide bonds. The van der Waals surface area contributed by atoms with Crippen molar-refractivity contribution in [3.05, 3.63) is 34.9 Å². The first-order chi connectivity index (χ1) is 8.92. The van der Waals surface area contributed by atoms with Crippen LogP contribution in [0, 0.1) is 13.8 Å². The number of oxime groups is 1. The van der Waals surface area contributed by atoms with Crippen LogP contribution in [-0.2, 0) is 11.2 Å². The Hall–Kier alpha value is -2.04. The number of amides is 1. The maximum atomic E-state index is 11.8. The molecule has 1 unspecified atom stereocenters. The highest BCUT2D eigenvalue weighted by atomic mass is 16.4. The summed E-state index contributed by atoms with van der Waals surface area (Å²) in [4.78, 5) is 11.8. The number of nitrogens with zero attached hydrogens (tertiary/aromatic N) is 1. The number of hydrogen-bond donors (Lipinski definition) is 3. The van der Waals surface area contributed by atoms with Crippen LogP contribution < -0.4 is 11.1 Å². The van der Waals surface area contributed by atoms with E-state index in [1.54, 1.807) is 0 Å². The van der Waals surface area contributed by atoms with Gasteiger partial charge in [0, 0.05) is 12.5 Å². The van der Waals surface area contributed by atoms with Crippen LogP contribution in [-0.4, -0.2) is 23.0 Å². The summed E-state index contributed by atoms with van der Waals surface area (Å²) in [6, 6.07) is 5.83. The summed E-state index contributed by atoms with van der Waals surface area (Å²) in [7, 11) is 0. The zero-order chi connectivity index (χ0) is 14.4. The van der Waals surface area contributed by atoms with Crippen LogP contribution in [0.3, 0.4) is 0 Å². The number of nitrogens with one attached hydrogen (secondary N) is 1. The summed E-state index contributed by atoms with van der Waals surface area (Å²) in [6.45, 7) is 5.88. The van der Waals surface area contributed by atoms with Crippen molar-refractivity contribution in [3.8, 4) is 0 Å². The normalized spacial score (nSPS) is 13.1. The number of carbonyl (C=O) groups excluding carboxylic acids is 1. The van der Waals surface area contributed by atoms with E-state index in [1.165, 1.54) is 11.1 Å². The first-order valence-electron chi connectivity index (χ1n) is 6.24. The summed E-state index contributed by atoms with van der Waals surface area (Å²) >= 11 is 0. The van der Waals surface area contributed by atoms with Gasteiger partial charge in [-0.1, -0.05) is 23.4 Å². The van der Waals surface area contributed by atoms with Crippen molar-refractivity contribution in [1.82, 2.24) is 5.32 Å². The van der Waals surface area contributed by atoms with E-state index in [0.29, 0.717) is 12.8 Å². The summed E-state index contributed by atoms with van der Waals surface area (Å²) in [6.07, 6.45) is 0.663. The van der Waals surface area contributed by atoms with E-state index in [1.807, 2.05) is 39.0 Å². The van der Waals surface area contributed by atoms with Crippen LogP contribution in [0.15, 0.2) is 23.4 Å². The molecule has 1 aromatic carbocycles. The second-order valence-corrected chi connectivity index (χ2v) is 4.86. The first-order valence-corrected chi connectivity index (χ1v) is 6.24. The molecule has 5 heteroatoms. The quantitative estimate of drug-likeness (QED) is 0.325. The molecule has 0 saturated carbocycles. The molecular weight excluding hydrogens is 242 g/mol. The number of nitrogens with two attached hydrogens (primary N) is 1. The predicted octanol–water partition coefficient (Wildman–Crippen LogP) is 1.49. The highest BCUT2D eigenvalue weighted by Gasteiger charge is 2.10. The average molecular weight is 263 g/mol. The molecular formula is C14H21N3O2. The second kappa shape index (κ2) is 6.78. The van der Waals surface area contributed by atoms with Crippen LogP contribution >= 0.6 is 0 Å². The molecule has 0 fully saturated rings. The van der Waals surface area contributed by atoms with Crippen LogP contribution in [0.25, 0.3) is 0 Å². The Bertz CT molecular complexity index is 484. The van der Waals surface area contributed by atoms with E-state index in [0.717, 1.165) is 5.56 Å². The van der Waals surface area contributed by atoms with Gasteiger partial charge in [0.2, 0.25) is 5.91 Å². The van der Waals surface area contributed by atoms with E-state index < -0.39 is 0 Å². The van der Waals surface area contributed by atoms with Crippen LogP contribution in [0.4, 0.5) is 0 Å². The molecule has 0 aliphatic carbocycles. The third kappa shape index (κ3) is 4.99. The molecule has 1 atom stereocenters. The minimum absolute atomic E-state index is 0.0681. The number of benzene rings is 1. The van der Waals surface area contributed by atoms with Gasteiger partial charge in [-0.05, 0) is 37.5 Å². The van der Waals surface area contributed by atoms with E-state index in [2.05, 4.69) is 10.5 Å². The number of hydrogen-bond acceptors (Lipinski definition) is 3. The maximum Gasteiger partial charge on any atom is 0.224 e. The molecule has 0 aliphatic rings. The highest BCUT2D eigenvalue weighted by Crippen LogP contribution is 2.10. The van der Waals surface area contributed by atoms with Gasteiger partial charge in [-0.2, -0.15) is 0 Å². The van der Waals surface area contributed by atoms with E-state index in [4.69, 9.17) is 10.9 Å². The fourth-order valence-corrected chi connectivity index (χ4v) is 1.83. The van der Waals surface area contributed by atoms with Crippen molar-refractivity contribution in [2.75, 3.05) is 0 Å². The maximum absolute atomic E-state index is 11.8. The summed E-state index contributed by atoms with van der Waals surface area (Å²) in [5.74, 6) is 0.0421. The number of aryl methyl sites for hydroxylation is 2. The Balaban J connectivity index is 2.53. The van der Waals surface area contributed by atoms with Gasteiger partial charge in [-0.3, -0.25) is 4.79 Å². The van der Waals surface area contributed by atoms with E-state index in [-0.39, 0.29) is 17.8 Å². The lowest BCUT2D eigenvalue weighted by Gasteiger charge is -2.13. The smallest absolute Gasteiger partial charge is 0.224 e. The van der Waals surface area contributed by atoms with Gasteiger partial charge in [0.25, 0.3) is 0 Å². The van der Waals surface area contributed by atoms with E-state index >= 15 is 0 Å². The Morgan fingerprint density at radius 1 is 1.42 bits per heavy atom. The molecule has 104 valence electrons. The molecule has 0 radical (unpaired) electrons. The zero-order valence-corrected chi connectivity index (χ0v) is 11.6. The van der Waals surface area contributed by atoms with Gasteiger partial charge in [-0.25, -0.2) is 0 Å². The topological polar surface area (TPSA) is 87.7 Å². The Morgan fingerprint density at radius 3 is 2.68 bits per heavy atom. The highest BCUT2D eigenvalue weighted by molar-refractivity contribution is 5.82. The van der Waals surface area contributed by atoms with Crippen molar-refractivity contribution >= 4 is 11.7 Å². The fourth-order valence-electron chi connectivity index (χ4n) is 1.83. The standard InChI is InChI=1S/C14H21N3O2/c1-9-4-5-12(6-10(9)2)8-14(18)16-11(3)7-13(15)17-19/h4-6,11,19H,7-8H2,1-3H3,(H2,15,17)(H,16,18). The second-order valence-electron chi connectivity index (χ2n) is 4.86. The molecule has 4 N–H and O–H groups in total. The van der Waals surface area contributed by atoms with Gasteiger partial charge in [0.15, 0.2) is 0 Å². The van der Waals surface area contributed by atoms with Gasteiger partial charge < -0.3 is 16.3 Å². The Morgan fingerprint density at radius 2 is 2.11 bits per heavy atom. The molecule has 0 aromatic heterocycles. The van der Waals surface area contributed by atoms with Crippen LogP contribution in [0.1, 0.15) is 30.0 Å². The third-order valence-electron chi connectivity index (χ3n) is 2.99. The Kier molecular flexibility index (Phi) is 5.36. The van der Waals surface area contributed by atoms with Crippen molar-refractivity contribution in [2.24, 2.45) is 10.9 Å².